The topological polar surface area (TPSA) is 15.8 Å². The molecule has 61 valence electrons. The second-order valence-corrected chi connectivity index (χ2v) is 5.18. The third-order valence-corrected chi connectivity index (χ3v) is 2.59. The quantitative estimate of drug-likeness (QED) is 0.821. The molecule has 1 heterocycles. The molecule has 0 aliphatic carbocycles. The number of H-pyrrole nitrogens is 1. The van der Waals surface area contributed by atoms with Crippen LogP contribution in [0.15, 0.2) is 30.3 Å². The number of rotatable bonds is 1. The first kappa shape index (κ1) is 8.32. The summed E-state index contributed by atoms with van der Waals surface area (Å²) >= 11 is 6.73. The van der Waals surface area contributed by atoms with Gasteiger partial charge in [0.25, 0.3) is 0 Å². The molecule has 0 fully saturated rings. The molecule has 0 atom stereocenters. The predicted octanol–water partition coefficient (Wildman–Crippen LogP) is 3.80. The summed E-state index contributed by atoms with van der Waals surface area (Å²) in [7, 11) is 0. The Bertz CT molecular complexity index is 359. The zero-order chi connectivity index (χ0) is 8.55. The van der Waals surface area contributed by atoms with Gasteiger partial charge in [-0.05, 0) is 17.5 Å². The number of aromatic nitrogens is 1. The molecule has 0 spiro atoms. The molecular formula is C9H6Br2N. The Balaban J connectivity index is 2.62. The van der Waals surface area contributed by atoms with E-state index in [4.69, 9.17) is 0 Å². The molecule has 1 N–H and O–H groups in total. The third kappa shape index (κ3) is 1.43. The van der Waals surface area contributed by atoms with Crippen molar-refractivity contribution >= 4 is 42.8 Å². The highest BCUT2D eigenvalue weighted by atomic mass is 79.9. The van der Waals surface area contributed by atoms with Gasteiger partial charge in [0, 0.05) is 11.2 Å². The average Bonchev–Trinajstić information content (AvgIpc) is 2.46. The van der Waals surface area contributed by atoms with Gasteiger partial charge in [0.2, 0.25) is 0 Å². The Kier molecular flexibility index (Phi) is 2.24. The maximum atomic E-state index is 3.36. The van der Waals surface area contributed by atoms with Crippen molar-refractivity contribution in [2.45, 2.75) is 0 Å². The van der Waals surface area contributed by atoms with E-state index in [1.165, 1.54) is 5.39 Å². The molecule has 1 nitrogen and oxygen atoms in total. The van der Waals surface area contributed by atoms with E-state index in [0.29, 0.717) is 0 Å². The lowest BCUT2D eigenvalue weighted by atomic mass is 10.2. The van der Waals surface area contributed by atoms with E-state index < -0.39 is 0 Å². The van der Waals surface area contributed by atoms with Crippen molar-refractivity contribution in [1.82, 2.24) is 4.98 Å². The first-order valence-electron chi connectivity index (χ1n) is 3.53. The van der Waals surface area contributed by atoms with E-state index >= 15 is 0 Å². The van der Waals surface area contributed by atoms with Gasteiger partial charge in [0.1, 0.15) is 0 Å². The van der Waals surface area contributed by atoms with Crippen molar-refractivity contribution in [1.29, 1.82) is 0 Å². The van der Waals surface area contributed by atoms with Crippen LogP contribution in [-0.4, -0.2) is 4.98 Å². The van der Waals surface area contributed by atoms with Crippen LogP contribution in [-0.2, 0) is 0 Å². The van der Waals surface area contributed by atoms with E-state index in [-0.39, 0.29) is 0 Å². The molecule has 0 amide bonds. The molecule has 12 heavy (non-hydrogen) atoms. The Morgan fingerprint density at radius 3 is 2.58 bits per heavy atom. The van der Waals surface area contributed by atoms with Gasteiger partial charge >= 0.3 is 0 Å². The van der Waals surface area contributed by atoms with Crippen molar-refractivity contribution in [3.63, 3.8) is 0 Å². The highest BCUT2D eigenvalue weighted by Crippen LogP contribution is 2.29. The molecule has 2 aromatic rings. The number of hydrogen-bond acceptors (Lipinski definition) is 0. The summed E-state index contributed by atoms with van der Waals surface area (Å²) in [5, 5.41) is 1.23. The SMILES string of the molecule is Br[C](Br)c1cc2ccccc2[nH]1. The maximum absolute atomic E-state index is 3.36. The first-order chi connectivity index (χ1) is 5.77. The summed E-state index contributed by atoms with van der Waals surface area (Å²) in [6.07, 6.45) is 0. The molecule has 0 bridgehead atoms. The molecule has 0 aliphatic rings. The van der Waals surface area contributed by atoms with Crippen LogP contribution in [0.5, 0.6) is 0 Å². The van der Waals surface area contributed by atoms with Gasteiger partial charge in [-0.2, -0.15) is 0 Å². The second kappa shape index (κ2) is 3.23. The van der Waals surface area contributed by atoms with Gasteiger partial charge in [-0.3, -0.25) is 0 Å². The Morgan fingerprint density at radius 1 is 1.17 bits per heavy atom. The highest BCUT2D eigenvalue weighted by Gasteiger charge is 2.06. The van der Waals surface area contributed by atoms with Crippen LogP contribution in [0.3, 0.4) is 0 Å². The molecule has 0 saturated heterocycles. The summed E-state index contributed by atoms with van der Waals surface area (Å²) in [5.41, 5.74) is 2.22. The number of para-hydroxylation sites is 1. The van der Waals surface area contributed by atoms with Gasteiger partial charge < -0.3 is 4.98 Å². The Hall–Kier alpha value is -0.280. The highest BCUT2D eigenvalue weighted by molar-refractivity contribution is 9.27. The fourth-order valence-corrected chi connectivity index (χ4v) is 1.60. The lowest BCUT2D eigenvalue weighted by molar-refractivity contribution is 1.37. The van der Waals surface area contributed by atoms with Crippen LogP contribution in [0.2, 0.25) is 0 Å². The van der Waals surface area contributed by atoms with Crippen molar-refractivity contribution < 1.29 is 0 Å². The van der Waals surface area contributed by atoms with Crippen LogP contribution >= 0.6 is 31.9 Å². The minimum atomic E-state index is 0.950. The molecule has 0 aliphatic heterocycles. The molecule has 1 aromatic carbocycles. The van der Waals surface area contributed by atoms with E-state index in [0.717, 1.165) is 14.9 Å². The van der Waals surface area contributed by atoms with E-state index in [1.54, 1.807) is 0 Å². The fourth-order valence-electron chi connectivity index (χ4n) is 1.18. The molecule has 0 unspecified atom stereocenters. The standard InChI is InChI=1S/C9H6Br2N/c10-9(11)8-5-6-3-1-2-4-7(6)12-8/h1-5,12H. The maximum Gasteiger partial charge on any atom is 0.150 e. The van der Waals surface area contributed by atoms with Crippen LogP contribution in [0, 0.1) is 3.74 Å². The van der Waals surface area contributed by atoms with Crippen LogP contribution < -0.4 is 0 Å². The van der Waals surface area contributed by atoms with Crippen molar-refractivity contribution in [3.05, 3.63) is 39.8 Å². The summed E-state index contributed by atoms with van der Waals surface area (Å²) in [4.78, 5) is 3.26. The molecular weight excluding hydrogens is 282 g/mol. The number of halogens is 2. The van der Waals surface area contributed by atoms with Crippen molar-refractivity contribution in [2.75, 3.05) is 0 Å². The summed E-state index contributed by atoms with van der Waals surface area (Å²) in [5.74, 6) is 0. The molecule has 1 aromatic heterocycles. The molecule has 0 saturated carbocycles. The van der Waals surface area contributed by atoms with Crippen LogP contribution in [0.25, 0.3) is 10.9 Å². The monoisotopic (exact) mass is 286 g/mol. The van der Waals surface area contributed by atoms with Crippen LogP contribution in [0.1, 0.15) is 5.69 Å². The Labute approximate surface area is 87.4 Å². The number of nitrogens with one attached hydrogen (secondary N) is 1. The van der Waals surface area contributed by atoms with E-state index in [9.17, 15) is 0 Å². The van der Waals surface area contributed by atoms with Crippen LogP contribution in [0.4, 0.5) is 0 Å². The lowest BCUT2D eigenvalue weighted by Gasteiger charge is -1.92. The minimum absolute atomic E-state index is 0.950. The average molecular weight is 288 g/mol. The number of hydrogen-bond donors (Lipinski definition) is 1. The normalized spacial score (nSPS) is 11.2. The third-order valence-electron chi connectivity index (χ3n) is 1.73. The predicted molar refractivity (Wildman–Crippen MR) is 58.5 cm³/mol. The van der Waals surface area contributed by atoms with E-state index in [2.05, 4.69) is 55.0 Å². The summed E-state index contributed by atoms with van der Waals surface area (Å²) in [6.45, 7) is 0. The largest absolute Gasteiger partial charge is 0.356 e. The zero-order valence-electron chi connectivity index (χ0n) is 6.14. The van der Waals surface area contributed by atoms with Gasteiger partial charge in [0.15, 0.2) is 3.74 Å². The number of benzene rings is 1. The minimum Gasteiger partial charge on any atom is -0.356 e. The second-order valence-electron chi connectivity index (χ2n) is 2.53. The van der Waals surface area contributed by atoms with Gasteiger partial charge in [-0.25, -0.2) is 0 Å². The van der Waals surface area contributed by atoms with Gasteiger partial charge in [-0.1, -0.05) is 50.1 Å². The molecule has 1 radical (unpaired) electrons. The lowest BCUT2D eigenvalue weighted by Crippen LogP contribution is -1.77. The van der Waals surface area contributed by atoms with Crippen molar-refractivity contribution in [3.8, 4) is 0 Å². The zero-order valence-corrected chi connectivity index (χ0v) is 9.31. The van der Waals surface area contributed by atoms with Crippen molar-refractivity contribution in [2.24, 2.45) is 0 Å². The summed E-state index contributed by atoms with van der Waals surface area (Å²) in [6, 6.07) is 10.3. The van der Waals surface area contributed by atoms with Gasteiger partial charge in [-0.15, -0.1) is 0 Å². The van der Waals surface area contributed by atoms with E-state index in [1.807, 2.05) is 12.1 Å². The Morgan fingerprint density at radius 2 is 1.92 bits per heavy atom. The first-order valence-corrected chi connectivity index (χ1v) is 5.12. The smallest absolute Gasteiger partial charge is 0.150 e. The number of aromatic amines is 1. The molecule has 3 heteroatoms. The molecule has 2 rings (SSSR count). The summed E-state index contributed by atoms with van der Waals surface area (Å²) < 4.78 is 0.950. The van der Waals surface area contributed by atoms with Gasteiger partial charge in [0.05, 0.1) is 0 Å². The fraction of sp³-hybridized carbons (Fsp3) is 0. The number of fused-ring (bicyclic) bond motifs is 1.